The van der Waals surface area contributed by atoms with Crippen molar-refractivity contribution in [3.8, 4) is 11.3 Å². The van der Waals surface area contributed by atoms with E-state index >= 15 is 0 Å². The fourth-order valence-electron chi connectivity index (χ4n) is 2.71. The highest BCUT2D eigenvalue weighted by molar-refractivity contribution is 5.59. The predicted octanol–water partition coefficient (Wildman–Crippen LogP) is 3.11. The molecule has 1 aromatic carbocycles. The van der Waals surface area contributed by atoms with Crippen LogP contribution in [0.25, 0.3) is 11.3 Å². The van der Waals surface area contributed by atoms with Gasteiger partial charge >= 0.3 is 0 Å². The predicted molar refractivity (Wildman–Crippen MR) is 80.3 cm³/mol. The average molecular weight is 286 g/mol. The highest BCUT2D eigenvalue weighted by Gasteiger charge is 2.20. The number of nitrogens with zero attached hydrogens (tertiary/aromatic N) is 2. The Balaban J connectivity index is 1.81. The summed E-state index contributed by atoms with van der Waals surface area (Å²) in [5.41, 5.74) is 2.58. The van der Waals surface area contributed by atoms with Gasteiger partial charge in [-0.25, -0.2) is 4.39 Å². The first kappa shape index (κ1) is 14.2. The summed E-state index contributed by atoms with van der Waals surface area (Å²) in [4.78, 5) is 6.51. The topological polar surface area (TPSA) is 25.4 Å². The first-order valence-corrected chi connectivity index (χ1v) is 7.21. The smallest absolute Gasteiger partial charge is 0.124 e. The van der Waals surface area contributed by atoms with Gasteiger partial charge in [0.15, 0.2) is 0 Å². The van der Waals surface area contributed by atoms with E-state index in [0.29, 0.717) is 12.6 Å². The van der Waals surface area contributed by atoms with Crippen molar-refractivity contribution in [1.82, 2.24) is 9.88 Å². The maximum absolute atomic E-state index is 13.9. The Bertz CT molecular complexity index is 597. The molecule has 21 heavy (non-hydrogen) atoms. The molecule has 3 nitrogen and oxygen atoms in total. The van der Waals surface area contributed by atoms with Gasteiger partial charge in [0, 0.05) is 31.0 Å². The van der Waals surface area contributed by atoms with Gasteiger partial charge < -0.3 is 4.74 Å². The molecule has 0 bridgehead atoms. The zero-order chi connectivity index (χ0) is 14.7. The Kier molecular flexibility index (Phi) is 4.27. The summed E-state index contributed by atoms with van der Waals surface area (Å²) < 4.78 is 19.3. The normalized spacial score (nSPS) is 18.3. The van der Waals surface area contributed by atoms with E-state index in [-0.39, 0.29) is 5.82 Å². The molecule has 2 aromatic rings. The van der Waals surface area contributed by atoms with Crippen molar-refractivity contribution in [2.75, 3.05) is 20.3 Å². The number of hydrogen-bond acceptors (Lipinski definition) is 3. The second-order valence-electron chi connectivity index (χ2n) is 5.50. The van der Waals surface area contributed by atoms with Crippen molar-refractivity contribution in [3.05, 3.63) is 54.0 Å². The van der Waals surface area contributed by atoms with E-state index in [1.807, 2.05) is 24.3 Å². The zero-order valence-corrected chi connectivity index (χ0v) is 12.1. The number of rotatable bonds is 4. The number of benzene rings is 1. The summed E-state index contributed by atoms with van der Waals surface area (Å²) in [5.74, 6) is -0.218. The van der Waals surface area contributed by atoms with Crippen LogP contribution in [-0.2, 0) is 11.3 Å². The molecule has 1 aliphatic heterocycles. The van der Waals surface area contributed by atoms with Crippen molar-refractivity contribution >= 4 is 0 Å². The fraction of sp³-hybridized carbons (Fsp3) is 0.353. The lowest BCUT2D eigenvalue weighted by Gasteiger charge is -2.23. The van der Waals surface area contributed by atoms with E-state index < -0.39 is 0 Å². The van der Waals surface area contributed by atoms with Gasteiger partial charge in [0.25, 0.3) is 0 Å². The van der Waals surface area contributed by atoms with Crippen LogP contribution in [0.1, 0.15) is 12.0 Å². The summed E-state index contributed by atoms with van der Waals surface area (Å²) in [6, 6.07) is 11.2. The molecule has 1 atom stereocenters. The van der Waals surface area contributed by atoms with Gasteiger partial charge in [0.2, 0.25) is 0 Å². The molecule has 1 fully saturated rings. The van der Waals surface area contributed by atoms with Gasteiger partial charge in [-0.05, 0) is 49.4 Å². The van der Waals surface area contributed by atoms with Gasteiger partial charge in [-0.15, -0.1) is 0 Å². The Morgan fingerprint density at radius 2 is 2.24 bits per heavy atom. The third-order valence-corrected chi connectivity index (χ3v) is 3.88. The largest absolute Gasteiger partial charge is 0.380 e. The number of likely N-dealkylation sites (N-methyl/N-ethyl adjacent to an activating group) is 1. The monoisotopic (exact) mass is 286 g/mol. The molecular weight excluding hydrogens is 267 g/mol. The van der Waals surface area contributed by atoms with Crippen LogP contribution in [0, 0.1) is 5.82 Å². The molecule has 0 saturated carbocycles. The van der Waals surface area contributed by atoms with Gasteiger partial charge in [-0.1, -0.05) is 6.07 Å². The summed E-state index contributed by atoms with van der Waals surface area (Å²) in [6.07, 6.45) is 2.76. The molecule has 4 heteroatoms. The zero-order valence-electron chi connectivity index (χ0n) is 12.1. The highest BCUT2D eigenvalue weighted by atomic mass is 19.1. The van der Waals surface area contributed by atoms with E-state index in [0.717, 1.165) is 36.5 Å². The van der Waals surface area contributed by atoms with Gasteiger partial charge in [0.05, 0.1) is 12.3 Å². The summed E-state index contributed by atoms with van der Waals surface area (Å²) >= 11 is 0. The lowest BCUT2D eigenvalue weighted by Crippen LogP contribution is -2.31. The first-order valence-electron chi connectivity index (χ1n) is 7.21. The van der Waals surface area contributed by atoms with Crippen LogP contribution in [0.4, 0.5) is 4.39 Å². The molecule has 0 aliphatic carbocycles. The van der Waals surface area contributed by atoms with E-state index in [4.69, 9.17) is 4.74 Å². The van der Waals surface area contributed by atoms with Crippen LogP contribution in [0.3, 0.4) is 0 Å². The maximum atomic E-state index is 13.9. The number of hydrogen-bond donors (Lipinski definition) is 0. The second kappa shape index (κ2) is 6.33. The van der Waals surface area contributed by atoms with Crippen LogP contribution < -0.4 is 0 Å². The Morgan fingerprint density at radius 3 is 2.95 bits per heavy atom. The van der Waals surface area contributed by atoms with Crippen LogP contribution in [0.15, 0.2) is 42.6 Å². The van der Waals surface area contributed by atoms with Crippen molar-refractivity contribution in [2.24, 2.45) is 0 Å². The van der Waals surface area contributed by atoms with Crippen molar-refractivity contribution < 1.29 is 9.13 Å². The molecule has 1 unspecified atom stereocenters. The summed E-state index contributed by atoms with van der Waals surface area (Å²) in [5, 5.41) is 0. The van der Waals surface area contributed by atoms with Crippen LogP contribution in [0.2, 0.25) is 0 Å². The lowest BCUT2D eigenvalue weighted by molar-refractivity contribution is 0.156. The molecule has 1 aliphatic rings. The van der Waals surface area contributed by atoms with E-state index in [9.17, 15) is 4.39 Å². The maximum Gasteiger partial charge on any atom is 0.124 e. The van der Waals surface area contributed by atoms with E-state index in [1.165, 1.54) is 6.07 Å². The van der Waals surface area contributed by atoms with Crippen LogP contribution in [0.5, 0.6) is 0 Å². The molecule has 2 heterocycles. The number of halogens is 1. The highest BCUT2D eigenvalue weighted by Crippen LogP contribution is 2.22. The minimum atomic E-state index is -0.218. The first-order chi connectivity index (χ1) is 10.2. The molecule has 0 radical (unpaired) electrons. The quantitative estimate of drug-likeness (QED) is 0.863. The minimum absolute atomic E-state index is 0.218. The second-order valence-corrected chi connectivity index (χ2v) is 5.50. The van der Waals surface area contributed by atoms with Crippen LogP contribution in [-0.4, -0.2) is 36.2 Å². The van der Waals surface area contributed by atoms with Crippen molar-refractivity contribution in [3.63, 3.8) is 0 Å². The summed E-state index contributed by atoms with van der Waals surface area (Å²) in [6.45, 7) is 2.29. The van der Waals surface area contributed by atoms with Crippen molar-refractivity contribution in [2.45, 2.75) is 19.0 Å². The molecule has 0 N–H and O–H groups in total. The fourth-order valence-corrected chi connectivity index (χ4v) is 2.71. The number of ether oxygens (including phenoxy) is 1. The SMILES string of the molecule is CN(Cc1cc(F)cc(-c2ccccn2)c1)C1CCOC1. The van der Waals surface area contributed by atoms with E-state index in [2.05, 4.69) is 16.9 Å². The lowest BCUT2D eigenvalue weighted by atomic mass is 10.1. The Hall–Kier alpha value is -1.78. The molecule has 1 saturated heterocycles. The molecule has 0 spiro atoms. The third kappa shape index (κ3) is 3.46. The van der Waals surface area contributed by atoms with Gasteiger partial charge in [-0.2, -0.15) is 0 Å². The average Bonchev–Trinajstić information content (AvgIpc) is 3.02. The Labute approximate surface area is 124 Å². The van der Waals surface area contributed by atoms with Crippen LogP contribution >= 0.6 is 0 Å². The number of pyridine rings is 1. The Morgan fingerprint density at radius 1 is 1.33 bits per heavy atom. The molecule has 3 rings (SSSR count). The van der Waals surface area contributed by atoms with Gasteiger partial charge in [0.1, 0.15) is 5.82 Å². The minimum Gasteiger partial charge on any atom is -0.380 e. The molecule has 0 amide bonds. The molecule has 110 valence electrons. The van der Waals surface area contributed by atoms with Crippen molar-refractivity contribution in [1.29, 1.82) is 0 Å². The standard InChI is InChI=1S/C17H19FN2O/c1-20(16-5-7-21-12-16)11-13-8-14(10-15(18)9-13)17-4-2-3-6-19-17/h2-4,6,8-10,16H,5,7,11-12H2,1H3. The van der Waals surface area contributed by atoms with E-state index in [1.54, 1.807) is 12.3 Å². The third-order valence-electron chi connectivity index (χ3n) is 3.88. The van der Waals surface area contributed by atoms with Gasteiger partial charge in [-0.3, -0.25) is 9.88 Å². The molecule has 1 aromatic heterocycles. The summed E-state index contributed by atoms with van der Waals surface area (Å²) in [7, 11) is 2.06. The molecular formula is C17H19FN2O. The number of aromatic nitrogens is 1.